The molecule has 1 heterocycles. The molecule has 7 nitrogen and oxygen atoms in total. The van der Waals surface area contributed by atoms with Crippen LogP contribution in [-0.4, -0.2) is 38.5 Å². The summed E-state index contributed by atoms with van der Waals surface area (Å²) in [6, 6.07) is 0. The Balaban J connectivity index is 2.37. The van der Waals surface area contributed by atoms with Gasteiger partial charge in [-0.2, -0.15) is 0 Å². The summed E-state index contributed by atoms with van der Waals surface area (Å²) >= 11 is 0. The summed E-state index contributed by atoms with van der Waals surface area (Å²) < 4.78 is 1.39. The summed E-state index contributed by atoms with van der Waals surface area (Å²) in [5.74, 6) is -0.882. The summed E-state index contributed by atoms with van der Waals surface area (Å²) in [5, 5.41) is 18.6. The number of nitrogens with zero attached hydrogens (tertiary/aromatic N) is 3. The first-order valence-corrected chi connectivity index (χ1v) is 5.83. The van der Waals surface area contributed by atoms with Crippen LogP contribution < -0.4 is 5.32 Å². The van der Waals surface area contributed by atoms with Gasteiger partial charge in [0.25, 0.3) is 0 Å². The van der Waals surface area contributed by atoms with Gasteiger partial charge < -0.3 is 10.4 Å². The number of aromatic nitrogens is 3. The van der Waals surface area contributed by atoms with Crippen LogP contribution in [0.15, 0.2) is 6.20 Å². The molecule has 1 unspecified atom stereocenters. The van der Waals surface area contributed by atoms with Crippen molar-refractivity contribution in [2.24, 2.45) is 11.8 Å². The molecule has 0 radical (unpaired) electrons. The Kier molecular flexibility index (Phi) is 4.82. The zero-order valence-electron chi connectivity index (χ0n) is 10.8. The Morgan fingerprint density at radius 1 is 1.44 bits per heavy atom. The molecule has 100 valence electrons. The lowest BCUT2D eigenvalue weighted by molar-refractivity contribution is -0.125. The van der Waals surface area contributed by atoms with Crippen LogP contribution in [0.25, 0.3) is 0 Å². The van der Waals surface area contributed by atoms with E-state index in [0.29, 0.717) is 13.1 Å². The van der Waals surface area contributed by atoms with E-state index in [1.807, 2.05) is 20.8 Å². The van der Waals surface area contributed by atoms with Crippen LogP contribution in [0.5, 0.6) is 0 Å². The van der Waals surface area contributed by atoms with Crippen LogP contribution in [-0.2, 0) is 11.3 Å². The van der Waals surface area contributed by atoms with Gasteiger partial charge in [-0.3, -0.25) is 4.79 Å². The van der Waals surface area contributed by atoms with E-state index in [0.717, 1.165) is 0 Å². The summed E-state index contributed by atoms with van der Waals surface area (Å²) in [6.07, 6.45) is 1.33. The Morgan fingerprint density at radius 3 is 2.61 bits per heavy atom. The van der Waals surface area contributed by atoms with E-state index in [1.165, 1.54) is 10.9 Å². The van der Waals surface area contributed by atoms with Gasteiger partial charge in [-0.1, -0.05) is 26.0 Å². The van der Waals surface area contributed by atoms with Gasteiger partial charge in [0, 0.05) is 12.5 Å². The molecule has 1 aromatic heterocycles. The lowest BCUT2D eigenvalue weighted by Gasteiger charge is -2.14. The van der Waals surface area contributed by atoms with E-state index in [4.69, 9.17) is 5.11 Å². The van der Waals surface area contributed by atoms with Crippen molar-refractivity contribution in [1.82, 2.24) is 20.3 Å². The molecule has 7 heteroatoms. The minimum absolute atomic E-state index is 0.0106. The number of carboxylic acid groups (broad SMARTS) is 1. The normalized spacial score (nSPS) is 12.4. The molecule has 1 atom stereocenters. The maximum atomic E-state index is 11.6. The number of nitrogens with one attached hydrogen (secondary N) is 1. The molecule has 0 saturated heterocycles. The third kappa shape index (κ3) is 3.83. The second-order valence-corrected chi connectivity index (χ2v) is 4.50. The molecule has 0 spiro atoms. The van der Waals surface area contributed by atoms with Crippen LogP contribution in [0.1, 0.15) is 31.3 Å². The van der Waals surface area contributed by atoms with Gasteiger partial charge in [0.15, 0.2) is 5.69 Å². The van der Waals surface area contributed by atoms with E-state index in [1.54, 1.807) is 0 Å². The van der Waals surface area contributed by atoms with Crippen LogP contribution in [0, 0.1) is 11.8 Å². The second kappa shape index (κ2) is 6.13. The topological polar surface area (TPSA) is 97.1 Å². The Bertz CT molecular complexity index is 428. The molecule has 0 fully saturated rings. The highest BCUT2D eigenvalue weighted by Crippen LogP contribution is 2.08. The summed E-state index contributed by atoms with van der Waals surface area (Å²) in [4.78, 5) is 22.2. The lowest BCUT2D eigenvalue weighted by atomic mass is 9.97. The predicted molar refractivity (Wildman–Crippen MR) is 64.0 cm³/mol. The molecule has 2 N–H and O–H groups in total. The first-order valence-electron chi connectivity index (χ1n) is 5.83. The molecule has 1 amide bonds. The zero-order chi connectivity index (χ0) is 13.7. The van der Waals surface area contributed by atoms with Gasteiger partial charge in [-0.25, -0.2) is 9.48 Å². The van der Waals surface area contributed by atoms with E-state index in [9.17, 15) is 9.59 Å². The number of hydrogen-bond donors (Lipinski definition) is 2. The second-order valence-electron chi connectivity index (χ2n) is 4.50. The molecule has 0 saturated carbocycles. The highest BCUT2D eigenvalue weighted by atomic mass is 16.4. The fourth-order valence-corrected chi connectivity index (χ4v) is 1.26. The van der Waals surface area contributed by atoms with Crippen molar-refractivity contribution in [3.8, 4) is 0 Å². The number of carbonyl (C=O) groups excluding carboxylic acids is 1. The van der Waals surface area contributed by atoms with Gasteiger partial charge in [-0.05, 0) is 5.92 Å². The third-order valence-electron chi connectivity index (χ3n) is 2.81. The number of amides is 1. The van der Waals surface area contributed by atoms with Crippen LogP contribution in [0.3, 0.4) is 0 Å². The van der Waals surface area contributed by atoms with E-state index in [-0.39, 0.29) is 23.4 Å². The quantitative estimate of drug-likeness (QED) is 0.765. The number of hydrogen-bond acceptors (Lipinski definition) is 4. The van der Waals surface area contributed by atoms with E-state index in [2.05, 4.69) is 15.6 Å². The predicted octanol–water partition coefficient (Wildman–Crippen LogP) is 0.385. The van der Waals surface area contributed by atoms with Crippen molar-refractivity contribution in [1.29, 1.82) is 0 Å². The van der Waals surface area contributed by atoms with Crippen molar-refractivity contribution in [2.45, 2.75) is 27.3 Å². The molecule has 0 aromatic carbocycles. The molecular formula is C11H18N4O3. The SMILES string of the molecule is CC(C)C(C)C(=O)NCCn1cc(C(=O)O)nn1. The molecule has 18 heavy (non-hydrogen) atoms. The minimum atomic E-state index is -1.11. The smallest absolute Gasteiger partial charge is 0.358 e. The van der Waals surface area contributed by atoms with E-state index < -0.39 is 5.97 Å². The minimum Gasteiger partial charge on any atom is -0.476 e. The van der Waals surface area contributed by atoms with Crippen LogP contribution >= 0.6 is 0 Å². The van der Waals surface area contributed by atoms with Crippen molar-refractivity contribution in [3.63, 3.8) is 0 Å². The molecule has 0 aliphatic carbocycles. The maximum Gasteiger partial charge on any atom is 0.358 e. The Morgan fingerprint density at radius 2 is 2.11 bits per heavy atom. The first-order chi connectivity index (χ1) is 8.41. The monoisotopic (exact) mass is 254 g/mol. The van der Waals surface area contributed by atoms with Crippen molar-refractivity contribution in [2.75, 3.05) is 6.54 Å². The van der Waals surface area contributed by atoms with Gasteiger partial charge in [-0.15, -0.1) is 5.10 Å². The van der Waals surface area contributed by atoms with E-state index >= 15 is 0 Å². The van der Waals surface area contributed by atoms with Crippen LogP contribution in [0.4, 0.5) is 0 Å². The standard InChI is InChI=1S/C11H18N4O3/c1-7(2)8(3)10(16)12-4-5-15-6-9(11(17)18)13-14-15/h6-8H,4-5H2,1-3H3,(H,12,16)(H,17,18). The largest absolute Gasteiger partial charge is 0.476 e. The average molecular weight is 254 g/mol. The summed E-state index contributed by atoms with van der Waals surface area (Å²) in [6.45, 7) is 6.65. The molecular weight excluding hydrogens is 236 g/mol. The van der Waals surface area contributed by atoms with Crippen molar-refractivity contribution >= 4 is 11.9 Å². The molecule has 1 aromatic rings. The fraction of sp³-hybridized carbons (Fsp3) is 0.636. The fourth-order valence-electron chi connectivity index (χ4n) is 1.26. The summed E-state index contributed by atoms with van der Waals surface area (Å²) in [5.41, 5.74) is -0.100. The van der Waals surface area contributed by atoms with Gasteiger partial charge in [0.1, 0.15) is 0 Å². The zero-order valence-corrected chi connectivity index (χ0v) is 10.8. The molecule has 0 bridgehead atoms. The highest BCUT2D eigenvalue weighted by Gasteiger charge is 2.15. The van der Waals surface area contributed by atoms with Gasteiger partial charge in [0.2, 0.25) is 5.91 Å². The maximum absolute atomic E-state index is 11.6. The van der Waals surface area contributed by atoms with Crippen molar-refractivity contribution in [3.05, 3.63) is 11.9 Å². The van der Waals surface area contributed by atoms with Crippen molar-refractivity contribution < 1.29 is 14.7 Å². The van der Waals surface area contributed by atoms with Gasteiger partial charge in [0.05, 0.1) is 12.7 Å². The number of carboxylic acids is 1. The molecule has 0 aliphatic rings. The molecule has 0 aliphatic heterocycles. The third-order valence-corrected chi connectivity index (χ3v) is 2.81. The summed E-state index contributed by atoms with van der Waals surface area (Å²) in [7, 11) is 0. The Hall–Kier alpha value is -1.92. The van der Waals surface area contributed by atoms with Gasteiger partial charge >= 0.3 is 5.97 Å². The average Bonchev–Trinajstić information content (AvgIpc) is 2.76. The first kappa shape index (κ1) is 14.1. The highest BCUT2D eigenvalue weighted by molar-refractivity contribution is 5.84. The van der Waals surface area contributed by atoms with Crippen LogP contribution in [0.2, 0.25) is 0 Å². The lowest BCUT2D eigenvalue weighted by Crippen LogP contribution is -2.34. The number of aromatic carboxylic acids is 1. The Labute approximate surface area is 105 Å². The number of carbonyl (C=O) groups is 2. The molecule has 1 rings (SSSR count). The number of rotatable bonds is 6.